The van der Waals surface area contributed by atoms with Crippen LogP contribution in [0.5, 0.6) is 0 Å². The van der Waals surface area contributed by atoms with E-state index in [-0.39, 0.29) is 18.0 Å². The SMILES string of the molecule is Cc1ccc(C(=O)Nc2cccc(C(=O)OC3CCNCC3)c2)s1. The minimum atomic E-state index is -0.343. The predicted molar refractivity (Wildman–Crippen MR) is 94.8 cm³/mol. The van der Waals surface area contributed by atoms with E-state index in [0.717, 1.165) is 30.8 Å². The molecule has 2 heterocycles. The van der Waals surface area contributed by atoms with Gasteiger partial charge in [-0.05, 0) is 63.2 Å². The smallest absolute Gasteiger partial charge is 0.338 e. The number of esters is 1. The molecule has 0 radical (unpaired) electrons. The zero-order chi connectivity index (χ0) is 16.9. The lowest BCUT2D eigenvalue weighted by Crippen LogP contribution is -2.33. The number of benzene rings is 1. The van der Waals surface area contributed by atoms with Gasteiger partial charge in [0.1, 0.15) is 6.10 Å². The third-order valence-corrected chi connectivity index (χ3v) is 4.88. The van der Waals surface area contributed by atoms with Crippen molar-refractivity contribution in [2.45, 2.75) is 25.9 Å². The molecule has 0 spiro atoms. The number of hydrogen-bond acceptors (Lipinski definition) is 5. The van der Waals surface area contributed by atoms with Crippen LogP contribution in [0.4, 0.5) is 5.69 Å². The summed E-state index contributed by atoms with van der Waals surface area (Å²) < 4.78 is 5.54. The topological polar surface area (TPSA) is 67.4 Å². The Morgan fingerprint density at radius 2 is 2.00 bits per heavy atom. The summed E-state index contributed by atoms with van der Waals surface area (Å²) in [6.45, 7) is 3.70. The Morgan fingerprint density at radius 1 is 1.21 bits per heavy atom. The third kappa shape index (κ3) is 4.21. The average molecular weight is 344 g/mol. The largest absolute Gasteiger partial charge is 0.459 e. The van der Waals surface area contributed by atoms with Gasteiger partial charge in [-0.1, -0.05) is 6.07 Å². The van der Waals surface area contributed by atoms with Crippen molar-refractivity contribution < 1.29 is 14.3 Å². The Labute approximate surface area is 145 Å². The number of amides is 1. The first-order valence-corrected chi connectivity index (χ1v) is 8.83. The summed E-state index contributed by atoms with van der Waals surface area (Å²) in [5.74, 6) is -0.512. The van der Waals surface area contributed by atoms with Crippen LogP contribution in [0.1, 0.15) is 37.7 Å². The molecule has 1 aromatic carbocycles. The van der Waals surface area contributed by atoms with Crippen molar-refractivity contribution in [1.82, 2.24) is 5.32 Å². The molecule has 0 saturated carbocycles. The molecule has 0 unspecified atom stereocenters. The predicted octanol–water partition coefficient (Wildman–Crippen LogP) is 3.22. The fraction of sp³-hybridized carbons (Fsp3) is 0.333. The van der Waals surface area contributed by atoms with E-state index in [4.69, 9.17) is 4.74 Å². The highest BCUT2D eigenvalue weighted by atomic mass is 32.1. The lowest BCUT2D eigenvalue weighted by molar-refractivity contribution is 0.0229. The van der Waals surface area contributed by atoms with Crippen molar-refractivity contribution in [3.05, 3.63) is 51.7 Å². The van der Waals surface area contributed by atoms with Gasteiger partial charge in [0.15, 0.2) is 0 Å². The van der Waals surface area contributed by atoms with E-state index < -0.39 is 0 Å². The van der Waals surface area contributed by atoms with Crippen molar-refractivity contribution in [3.63, 3.8) is 0 Å². The maximum absolute atomic E-state index is 12.3. The van der Waals surface area contributed by atoms with Gasteiger partial charge < -0.3 is 15.4 Å². The molecule has 3 rings (SSSR count). The van der Waals surface area contributed by atoms with Crippen molar-refractivity contribution in [1.29, 1.82) is 0 Å². The third-order valence-electron chi connectivity index (χ3n) is 3.88. The van der Waals surface area contributed by atoms with Gasteiger partial charge in [-0.15, -0.1) is 11.3 Å². The number of ether oxygens (including phenoxy) is 1. The molecule has 1 aromatic heterocycles. The van der Waals surface area contributed by atoms with Crippen LogP contribution in [0.15, 0.2) is 36.4 Å². The van der Waals surface area contributed by atoms with Crippen molar-refractivity contribution in [2.75, 3.05) is 18.4 Å². The molecule has 2 aromatic rings. The Hall–Kier alpha value is -2.18. The average Bonchev–Trinajstić information content (AvgIpc) is 3.03. The van der Waals surface area contributed by atoms with E-state index in [1.54, 1.807) is 30.3 Å². The molecular weight excluding hydrogens is 324 g/mol. The van der Waals surface area contributed by atoms with Gasteiger partial charge in [-0.3, -0.25) is 4.79 Å². The second kappa shape index (κ2) is 7.59. The van der Waals surface area contributed by atoms with Gasteiger partial charge in [0.05, 0.1) is 10.4 Å². The fourth-order valence-electron chi connectivity index (χ4n) is 2.61. The van der Waals surface area contributed by atoms with Gasteiger partial charge in [-0.2, -0.15) is 0 Å². The number of anilines is 1. The first-order valence-electron chi connectivity index (χ1n) is 8.01. The molecule has 1 aliphatic rings. The molecule has 24 heavy (non-hydrogen) atoms. The Kier molecular flexibility index (Phi) is 5.27. The summed E-state index contributed by atoms with van der Waals surface area (Å²) in [5.41, 5.74) is 1.04. The summed E-state index contributed by atoms with van der Waals surface area (Å²) in [7, 11) is 0. The van der Waals surface area contributed by atoms with Crippen LogP contribution in [0, 0.1) is 6.92 Å². The lowest BCUT2D eigenvalue weighted by Gasteiger charge is -2.22. The first-order chi connectivity index (χ1) is 11.6. The van der Waals surface area contributed by atoms with Crippen molar-refractivity contribution in [3.8, 4) is 0 Å². The molecular formula is C18H20N2O3S. The zero-order valence-electron chi connectivity index (χ0n) is 13.5. The van der Waals surface area contributed by atoms with Gasteiger partial charge in [0.25, 0.3) is 5.91 Å². The molecule has 0 bridgehead atoms. The molecule has 0 atom stereocenters. The van der Waals surface area contributed by atoms with E-state index in [0.29, 0.717) is 16.1 Å². The Morgan fingerprint density at radius 3 is 2.71 bits per heavy atom. The normalized spacial score (nSPS) is 15.0. The van der Waals surface area contributed by atoms with E-state index in [9.17, 15) is 9.59 Å². The first kappa shape index (κ1) is 16.7. The summed E-state index contributed by atoms with van der Waals surface area (Å²) in [4.78, 5) is 26.2. The molecule has 6 heteroatoms. The van der Waals surface area contributed by atoms with Crippen LogP contribution in [0.2, 0.25) is 0 Å². The quantitative estimate of drug-likeness (QED) is 0.836. The summed E-state index contributed by atoms with van der Waals surface area (Å²) in [6, 6.07) is 10.6. The van der Waals surface area contributed by atoms with E-state index in [1.165, 1.54) is 11.3 Å². The minimum Gasteiger partial charge on any atom is -0.459 e. The van der Waals surface area contributed by atoms with Crippen LogP contribution in [-0.4, -0.2) is 31.1 Å². The number of aryl methyl sites for hydroxylation is 1. The molecule has 1 fully saturated rings. The van der Waals surface area contributed by atoms with Crippen LogP contribution in [-0.2, 0) is 4.74 Å². The second-order valence-corrected chi connectivity index (χ2v) is 7.09. The number of hydrogen-bond donors (Lipinski definition) is 2. The van der Waals surface area contributed by atoms with Crippen LogP contribution < -0.4 is 10.6 Å². The van der Waals surface area contributed by atoms with Crippen molar-refractivity contribution >= 4 is 28.9 Å². The summed E-state index contributed by atoms with van der Waals surface area (Å²) in [6.07, 6.45) is 1.63. The molecule has 1 saturated heterocycles. The van der Waals surface area contributed by atoms with Gasteiger partial charge >= 0.3 is 5.97 Å². The van der Waals surface area contributed by atoms with Gasteiger partial charge in [-0.25, -0.2) is 4.79 Å². The number of carbonyl (C=O) groups excluding carboxylic acids is 2. The number of piperidine rings is 1. The Bertz CT molecular complexity index is 735. The number of thiophene rings is 1. The van der Waals surface area contributed by atoms with Gasteiger partial charge in [0, 0.05) is 10.6 Å². The van der Waals surface area contributed by atoms with E-state index in [2.05, 4.69) is 10.6 Å². The monoisotopic (exact) mass is 344 g/mol. The number of nitrogens with one attached hydrogen (secondary N) is 2. The highest BCUT2D eigenvalue weighted by molar-refractivity contribution is 7.14. The van der Waals surface area contributed by atoms with Crippen LogP contribution in [0.3, 0.4) is 0 Å². The molecule has 0 aliphatic carbocycles. The summed E-state index contributed by atoms with van der Waals surface area (Å²) >= 11 is 1.44. The second-order valence-electron chi connectivity index (χ2n) is 5.80. The van der Waals surface area contributed by atoms with Crippen LogP contribution in [0.25, 0.3) is 0 Å². The molecule has 2 N–H and O–H groups in total. The molecule has 1 aliphatic heterocycles. The highest BCUT2D eigenvalue weighted by Gasteiger charge is 2.19. The fourth-order valence-corrected chi connectivity index (χ4v) is 3.37. The minimum absolute atomic E-state index is 0.0360. The van der Waals surface area contributed by atoms with Gasteiger partial charge in [0.2, 0.25) is 0 Å². The van der Waals surface area contributed by atoms with E-state index >= 15 is 0 Å². The van der Waals surface area contributed by atoms with Crippen LogP contribution >= 0.6 is 11.3 Å². The maximum Gasteiger partial charge on any atom is 0.338 e. The van der Waals surface area contributed by atoms with Crippen molar-refractivity contribution in [2.24, 2.45) is 0 Å². The summed E-state index contributed by atoms with van der Waals surface area (Å²) in [5, 5.41) is 6.06. The zero-order valence-corrected chi connectivity index (χ0v) is 14.3. The molecule has 1 amide bonds. The maximum atomic E-state index is 12.3. The molecule has 5 nitrogen and oxygen atoms in total. The van der Waals surface area contributed by atoms with E-state index in [1.807, 2.05) is 13.0 Å². The molecule has 126 valence electrons. The number of carbonyl (C=O) groups is 2. The Balaban J connectivity index is 1.64. The standard InChI is InChI=1S/C18H20N2O3S/c1-12-5-6-16(24-12)17(21)20-14-4-2-3-13(11-14)18(22)23-15-7-9-19-10-8-15/h2-6,11,15,19H,7-10H2,1H3,(H,20,21). The highest BCUT2D eigenvalue weighted by Crippen LogP contribution is 2.19. The number of rotatable bonds is 4. The lowest BCUT2D eigenvalue weighted by atomic mass is 10.1.